The first-order valence-electron chi connectivity index (χ1n) is 5.64. The summed E-state index contributed by atoms with van der Waals surface area (Å²) in [5.74, 6) is -0.766. The quantitative estimate of drug-likeness (QED) is 0.549. The predicted octanol–water partition coefficient (Wildman–Crippen LogP) is 1.81. The first-order chi connectivity index (χ1) is 7.16. The van der Waals surface area contributed by atoms with Crippen LogP contribution >= 0.6 is 0 Å². The number of ether oxygens (including phenoxy) is 1. The molecule has 0 aliphatic rings. The first kappa shape index (κ1) is 14.4. The molecule has 0 aromatic heterocycles. The zero-order chi connectivity index (χ0) is 11.5. The van der Waals surface area contributed by atoms with Gasteiger partial charge in [-0.25, -0.2) is 0 Å². The number of aliphatic hydroxyl groups is 1. The number of aliphatic hydroxyl groups excluding tert-OH is 1. The second-order valence-electron chi connectivity index (χ2n) is 3.72. The highest BCUT2D eigenvalue weighted by Crippen LogP contribution is 2.02. The molecule has 0 fully saturated rings. The lowest BCUT2D eigenvalue weighted by Crippen LogP contribution is -2.15. The molecular formula is C11H22O4. The molecule has 4 nitrogen and oxygen atoms in total. The van der Waals surface area contributed by atoms with E-state index in [0.717, 1.165) is 25.7 Å². The zero-order valence-corrected chi connectivity index (χ0v) is 9.45. The first-order valence-corrected chi connectivity index (χ1v) is 5.64. The molecule has 0 amide bonds. The van der Waals surface area contributed by atoms with Gasteiger partial charge in [0.25, 0.3) is 0 Å². The van der Waals surface area contributed by atoms with Crippen molar-refractivity contribution in [1.82, 2.24) is 0 Å². The van der Waals surface area contributed by atoms with Gasteiger partial charge in [-0.15, -0.1) is 0 Å². The second-order valence-corrected chi connectivity index (χ2v) is 3.72. The highest BCUT2D eigenvalue weighted by Gasteiger charge is 2.03. The van der Waals surface area contributed by atoms with Gasteiger partial charge < -0.3 is 14.9 Å². The number of aliphatic carboxylic acids is 1. The molecule has 0 spiro atoms. The predicted molar refractivity (Wildman–Crippen MR) is 57.8 cm³/mol. The molecule has 1 unspecified atom stereocenters. The van der Waals surface area contributed by atoms with Crippen molar-refractivity contribution in [3.63, 3.8) is 0 Å². The van der Waals surface area contributed by atoms with Gasteiger partial charge in [0.1, 0.15) is 0 Å². The maximum Gasteiger partial charge on any atom is 0.303 e. The van der Waals surface area contributed by atoms with Crippen LogP contribution in [-0.4, -0.2) is 35.5 Å². The monoisotopic (exact) mass is 218 g/mol. The molecule has 0 saturated heterocycles. The molecule has 0 heterocycles. The van der Waals surface area contributed by atoms with E-state index >= 15 is 0 Å². The largest absolute Gasteiger partial charge is 0.481 e. The van der Waals surface area contributed by atoms with E-state index in [4.69, 9.17) is 9.84 Å². The zero-order valence-electron chi connectivity index (χ0n) is 9.45. The average molecular weight is 218 g/mol. The summed E-state index contributed by atoms with van der Waals surface area (Å²) in [4.78, 5) is 10.2. The number of hydrogen-bond donors (Lipinski definition) is 2. The van der Waals surface area contributed by atoms with Gasteiger partial charge in [-0.1, -0.05) is 19.8 Å². The molecule has 0 aliphatic heterocycles. The maximum atomic E-state index is 10.2. The van der Waals surface area contributed by atoms with Gasteiger partial charge in [-0.3, -0.25) is 4.79 Å². The molecule has 2 N–H and O–H groups in total. The van der Waals surface area contributed by atoms with Crippen molar-refractivity contribution in [2.75, 3.05) is 13.2 Å². The summed E-state index contributed by atoms with van der Waals surface area (Å²) in [5, 5.41) is 17.8. The van der Waals surface area contributed by atoms with Crippen LogP contribution in [0.5, 0.6) is 0 Å². The van der Waals surface area contributed by atoms with E-state index in [-0.39, 0.29) is 12.5 Å². The van der Waals surface area contributed by atoms with Crippen molar-refractivity contribution < 1.29 is 19.7 Å². The lowest BCUT2D eigenvalue weighted by atomic mass is 10.2. The highest BCUT2D eigenvalue weighted by molar-refractivity contribution is 5.66. The van der Waals surface area contributed by atoms with Gasteiger partial charge in [0.15, 0.2) is 0 Å². The minimum Gasteiger partial charge on any atom is -0.481 e. The Labute approximate surface area is 91.3 Å². The number of unbranched alkanes of at least 4 members (excludes halogenated alkanes) is 2. The van der Waals surface area contributed by atoms with Crippen LogP contribution in [0.1, 0.15) is 45.4 Å². The Morgan fingerprint density at radius 2 is 2.07 bits per heavy atom. The smallest absolute Gasteiger partial charge is 0.303 e. The lowest BCUT2D eigenvalue weighted by molar-refractivity contribution is -0.137. The van der Waals surface area contributed by atoms with Crippen molar-refractivity contribution in [3.8, 4) is 0 Å². The fraction of sp³-hybridized carbons (Fsp3) is 0.909. The third-order valence-corrected chi connectivity index (χ3v) is 2.13. The summed E-state index contributed by atoms with van der Waals surface area (Å²) in [6.07, 6.45) is 4.09. The van der Waals surface area contributed by atoms with Crippen LogP contribution in [0.3, 0.4) is 0 Å². The molecule has 0 radical (unpaired) electrons. The Morgan fingerprint density at radius 3 is 2.67 bits per heavy atom. The number of rotatable bonds is 10. The normalized spacial score (nSPS) is 12.7. The van der Waals surface area contributed by atoms with Crippen LogP contribution in [0.2, 0.25) is 0 Å². The Balaban J connectivity index is 3.12. The molecule has 0 aromatic rings. The maximum absolute atomic E-state index is 10.2. The van der Waals surface area contributed by atoms with Gasteiger partial charge >= 0.3 is 5.97 Å². The SMILES string of the molecule is CCCCC(O)COCCCCC(=O)O. The Kier molecular flexibility index (Phi) is 9.52. The number of carbonyl (C=O) groups is 1. The van der Waals surface area contributed by atoms with Crippen LogP contribution in [0.25, 0.3) is 0 Å². The third-order valence-electron chi connectivity index (χ3n) is 2.13. The van der Waals surface area contributed by atoms with Crippen molar-refractivity contribution >= 4 is 5.97 Å². The molecule has 0 rings (SSSR count). The minimum absolute atomic E-state index is 0.196. The van der Waals surface area contributed by atoms with E-state index in [0.29, 0.717) is 19.6 Å². The summed E-state index contributed by atoms with van der Waals surface area (Å²) in [6, 6.07) is 0. The van der Waals surface area contributed by atoms with E-state index in [1.807, 2.05) is 0 Å². The Hall–Kier alpha value is -0.610. The van der Waals surface area contributed by atoms with E-state index in [2.05, 4.69) is 6.92 Å². The molecule has 0 saturated carbocycles. The van der Waals surface area contributed by atoms with Crippen LogP contribution < -0.4 is 0 Å². The molecule has 0 bridgehead atoms. The fourth-order valence-corrected chi connectivity index (χ4v) is 1.22. The Morgan fingerprint density at radius 1 is 1.33 bits per heavy atom. The molecule has 1 atom stereocenters. The molecular weight excluding hydrogens is 196 g/mol. The van der Waals surface area contributed by atoms with Crippen molar-refractivity contribution in [1.29, 1.82) is 0 Å². The summed E-state index contributed by atoms with van der Waals surface area (Å²) in [6.45, 7) is 2.99. The third kappa shape index (κ3) is 11.3. The van der Waals surface area contributed by atoms with Gasteiger partial charge in [-0.2, -0.15) is 0 Å². The van der Waals surface area contributed by atoms with E-state index < -0.39 is 5.97 Å². The van der Waals surface area contributed by atoms with E-state index in [9.17, 15) is 9.90 Å². The van der Waals surface area contributed by atoms with E-state index in [1.54, 1.807) is 0 Å². The summed E-state index contributed by atoms with van der Waals surface area (Å²) >= 11 is 0. The van der Waals surface area contributed by atoms with Crippen molar-refractivity contribution in [2.24, 2.45) is 0 Å². The Bertz CT molecular complexity index is 159. The second kappa shape index (κ2) is 9.93. The molecule has 0 aromatic carbocycles. The summed E-state index contributed by atoms with van der Waals surface area (Å²) in [7, 11) is 0. The lowest BCUT2D eigenvalue weighted by Gasteiger charge is -2.10. The van der Waals surface area contributed by atoms with E-state index in [1.165, 1.54) is 0 Å². The molecule has 15 heavy (non-hydrogen) atoms. The number of carboxylic acids is 1. The van der Waals surface area contributed by atoms with Gasteiger partial charge in [-0.05, 0) is 19.3 Å². The summed E-state index contributed by atoms with van der Waals surface area (Å²) in [5.41, 5.74) is 0. The summed E-state index contributed by atoms with van der Waals surface area (Å²) < 4.78 is 5.23. The van der Waals surface area contributed by atoms with Crippen LogP contribution in [-0.2, 0) is 9.53 Å². The highest BCUT2D eigenvalue weighted by atomic mass is 16.5. The van der Waals surface area contributed by atoms with Crippen molar-refractivity contribution in [2.45, 2.75) is 51.6 Å². The van der Waals surface area contributed by atoms with Crippen LogP contribution in [0.15, 0.2) is 0 Å². The molecule has 90 valence electrons. The van der Waals surface area contributed by atoms with Crippen LogP contribution in [0, 0.1) is 0 Å². The van der Waals surface area contributed by atoms with Gasteiger partial charge in [0.2, 0.25) is 0 Å². The number of carboxylic acid groups (broad SMARTS) is 1. The minimum atomic E-state index is -0.766. The molecule has 0 aliphatic carbocycles. The topological polar surface area (TPSA) is 66.8 Å². The number of hydrogen-bond acceptors (Lipinski definition) is 3. The van der Waals surface area contributed by atoms with Gasteiger partial charge in [0.05, 0.1) is 12.7 Å². The van der Waals surface area contributed by atoms with Crippen LogP contribution in [0.4, 0.5) is 0 Å². The van der Waals surface area contributed by atoms with Gasteiger partial charge in [0, 0.05) is 13.0 Å². The molecule has 4 heteroatoms. The standard InChI is InChI=1S/C11H22O4/c1-2-3-6-10(12)9-15-8-5-4-7-11(13)14/h10,12H,2-9H2,1H3,(H,13,14). The van der Waals surface area contributed by atoms with Crippen molar-refractivity contribution in [3.05, 3.63) is 0 Å². The average Bonchev–Trinajstić information content (AvgIpc) is 2.19. The fourth-order valence-electron chi connectivity index (χ4n) is 1.22.